The van der Waals surface area contributed by atoms with E-state index in [0.29, 0.717) is 28.4 Å². The Hall–Kier alpha value is -4.85. The fourth-order valence-corrected chi connectivity index (χ4v) is 4.05. The summed E-state index contributed by atoms with van der Waals surface area (Å²) in [4.78, 5) is 24.4. The molecule has 0 saturated heterocycles. The highest BCUT2D eigenvalue weighted by atomic mass is 19.1. The molecule has 0 aromatic heterocycles. The summed E-state index contributed by atoms with van der Waals surface area (Å²) in [7, 11) is 3.05. The van der Waals surface area contributed by atoms with Crippen molar-refractivity contribution >= 4 is 28.7 Å². The van der Waals surface area contributed by atoms with Crippen LogP contribution < -0.4 is 19.5 Å². The molecule has 0 spiro atoms. The highest BCUT2D eigenvalue weighted by Crippen LogP contribution is 2.28. The Labute approximate surface area is 225 Å². The zero-order valence-corrected chi connectivity index (χ0v) is 21.5. The SMILES string of the molecule is COc1ccc(/C=C/C(=O)NC(Cc2ccc3cc(OCc4ccccc4F)ccc3c2)C(=O)O)cc1OC. The molecule has 7 nitrogen and oxygen atoms in total. The van der Waals surface area contributed by atoms with Gasteiger partial charge in [-0.2, -0.15) is 0 Å². The van der Waals surface area contributed by atoms with Gasteiger partial charge in [-0.1, -0.05) is 48.5 Å². The molecule has 39 heavy (non-hydrogen) atoms. The van der Waals surface area contributed by atoms with Crippen LogP contribution in [0.3, 0.4) is 0 Å². The first kappa shape index (κ1) is 27.2. The molecule has 0 heterocycles. The minimum atomic E-state index is -1.14. The number of carboxylic acid groups (broad SMARTS) is 1. The smallest absolute Gasteiger partial charge is 0.326 e. The first-order valence-electron chi connectivity index (χ1n) is 12.2. The quantitative estimate of drug-likeness (QED) is 0.253. The molecule has 0 saturated carbocycles. The zero-order chi connectivity index (χ0) is 27.8. The average molecular weight is 530 g/mol. The van der Waals surface area contributed by atoms with Gasteiger partial charge in [0.05, 0.1) is 14.2 Å². The summed E-state index contributed by atoms with van der Waals surface area (Å²) in [5, 5.41) is 14.0. The lowest BCUT2D eigenvalue weighted by Gasteiger charge is -2.14. The minimum absolute atomic E-state index is 0.104. The van der Waals surface area contributed by atoms with Crippen LogP contribution in [0.25, 0.3) is 16.8 Å². The van der Waals surface area contributed by atoms with Crippen LogP contribution in [0.15, 0.2) is 84.9 Å². The number of ether oxygens (including phenoxy) is 3. The second kappa shape index (κ2) is 12.6. The molecular weight excluding hydrogens is 501 g/mol. The normalized spacial score (nSPS) is 11.8. The van der Waals surface area contributed by atoms with E-state index in [1.165, 1.54) is 26.4 Å². The molecule has 4 aromatic carbocycles. The number of carbonyl (C=O) groups excluding carboxylic acids is 1. The van der Waals surface area contributed by atoms with Crippen LogP contribution >= 0.6 is 0 Å². The van der Waals surface area contributed by atoms with Crippen molar-refractivity contribution in [2.24, 2.45) is 0 Å². The van der Waals surface area contributed by atoms with Crippen molar-refractivity contribution in [3.05, 3.63) is 107 Å². The maximum Gasteiger partial charge on any atom is 0.326 e. The summed E-state index contributed by atoms with van der Waals surface area (Å²) >= 11 is 0. The lowest BCUT2D eigenvalue weighted by Crippen LogP contribution is -2.41. The van der Waals surface area contributed by atoms with Crippen LogP contribution in [0, 0.1) is 5.82 Å². The molecule has 1 atom stereocenters. The Morgan fingerprint density at radius 1 is 0.923 bits per heavy atom. The maximum atomic E-state index is 13.8. The van der Waals surface area contributed by atoms with Crippen molar-refractivity contribution < 1.29 is 33.3 Å². The standard InChI is InChI=1S/C31H28FNO6/c1-37-28-13-8-20(17-29(28)38-2)9-14-30(34)33-27(31(35)36)16-21-7-10-23-18-25(12-11-22(23)15-21)39-19-24-5-3-4-6-26(24)32/h3-15,17-18,27H,16,19H2,1-2H3,(H,33,34)(H,35,36)/b14-9+. The number of hydrogen-bond donors (Lipinski definition) is 2. The molecule has 2 N–H and O–H groups in total. The van der Waals surface area contributed by atoms with Crippen molar-refractivity contribution in [1.82, 2.24) is 5.32 Å². The minimum Gasteiger partial charge on any atom is -0.493 e. The summed E-state index contributed by atoms with van der Waals surface area (Å²) < 4.78 is 30.1. The van der Waals surface area contributed by atoms with Crippen LogP contribution in [0.5, 0.6) is 17.2 Å². The number of hydrogen-bond acceptors (Lipinski definition) is 5. The monoisotopic (exact) mass is 529 g/mol. The van der Waals surface area contributed by atoms with E-state index in [-0.39, 0.29) is 18.8 Å². The van der Waals surface area contributed by atoms with Crippen LogP contribution in [0.4, 0.5) is 4.39 Å². The maximum absolute atomic E-state index is 13.8. The van der Waals surface area contributed by atoms with E-state index in [1.807, 2.05) is 30.3 Å². The fraction of sp³-hybridized carbons (Fsp3) is 0.161. The fourth-order valence-electron chi connectivity index (χ4n) is 4.05. The van der Waals surface area contributed by atoms with Gasteiger partial charge in [0.25, 0.3) is 0 Å². The molecule has 0 aliphatic rings. The Morgan fingerprint density at radius 2 is 1.67 bits per heavy atom. The summed E-state index contributed by atoms with van der Waals surface area (Å²) in [6.07, 6.45) is 2.95. The number of halogens is 1. The number of amides is 1. The number of fused-ring (bicyclic) bond motifs is 1. The number of aliphatic carboxylic acids is 1. The van der Waals surface area contributed by atoms with Gasteiger partial charge < -0.3 is 24.6 Å². The summed E-state index contributed by atoms with van der Waals surface area (Å²) in [6.45, 7) is 0.108. The molecule has 1 unspecified atom stereocenters. The van der Waals surface area contributed by atoms with Gasteiger partial charge in [-0.3, -0.25) is 4.79 Å². The van der Waals surface area contributed by atoms with Crippen LogP contribution in [-0.4, -0.2) is 37.2 Å². The predicted molar refractivity (Wildman–Crippen MR) is 147 cm³/mol. The number of rotatable bonds is 11. The van der Waals surface area contributed by atoms with E-state index in [1.54, 1.807) is 48.5 Å². The van der Waals surface area contributed by atoms with Gasteiger partial charge in [0.2, 0.25) is 5.91 Å². The van der Waals surface area contributed by atoms with E-state index in [4.69, 9.17) is 14.2 Å². The summed E-state index contributed by atoms with van der Waals surface area (Å²) in [6, 6.07) is 21.5. The average Bonchev–Trinajstić information content (AvgIpc) is 2.95. The lowest BCUT2D eigenvalue weighted by molar-refractivity contribution is -0.141. The van der Waals surface area contributed by atoms with Crippen LogP contribution in [-0.2, 0) is 22.6 Å². The molecule has 0 aliphatic carbocycles. The van der Waals surface area contributed by atoms with Gasteiger partial charge in [0, 0.05) is 18.1 Å². The van der Waals surface area contributed by atoms with E-state index in [0.717, 1.165) is 16.3 Å². The Kier molecular flexibility index (Phi) is 8.78. The molecule has 0 aliphatic heterocycles. The molecule has 4 aromatic rings. The number of methoxy groups -OCH3 is 2. The third kappa shape index (κ3) is 7.13. The first-order valence-corrected chi connectivity index (χ1v) is 12.2. The van der Waals surface area contributed by atoms with Crippen LogP contribution in [0.1, 0.15) is 16.7 Å². The second-order valence-electron chi connectivity index (χ2n) is 8.77. The van der Waals surface area contributed by atoms with Gasteiger partial charge in [-0.25, -0.2) is 9.18 Å². The predicted octanol–water partition coefficient (Wildman–Crippen LogP) is 5.40. The Morgan fingerprint density at radius 3 is 2.41 bits per heavy atom. The van der Waals surface area contributed by atoms with Gasteiger partial charge >= 0.3 is 5.97 Å². The van der Waals surface area contributed by atoms with E-state index in [9.17, 15) is 19.1 Å². The molecule has 1 amide bonds. The van der Waals surface area contributed by atoms with Crippen molar-refractivity contribution in [3.8, 4) is 17.2 Å². The number of carbonyl (C=O) groups is 2. The van der Waals surface area contributed by atoms with Gasteiger partial charge in [-0.15, -0.1) is 0 Å². The van der Waals surface area contributed by atoms with Gasteiger partial charge in [-0.05, 0) is 58.3 Å². The number of benzene rings is 4. The van der Waals surface area contributed by atoms with Crippen molar-refractivity contribution in [3.63, 3.8) is 0 Å². The molecule has 0 bridgehead atoms. The molecule has 8 heteroatoms. The third-order valence-corrected chi connectivity index (χ3v) is 6.12. The topological polar surface area (TPSA) is 94.1 Å². The van der Waals surface area contributed by atoms with E-state index < -0.39 is 17.9 Å². The van der Waals surface area contributed by atoms with Gasteiger partial charge in [0.1, 0.15) is 24.2 Å². The molecule has 4 rings (SSSR count). The van der Waals surface area contributed by atoms with E-state index >= 15 is 0 Å². The van der Waals surface area contributed by atoms with Gasteiger partial charge in [0.15, 0.2) is 11.5 Å². The Bertz CT molecular complexity index is 1520. The third-order valence-electron chi connectivity index (χ3n) is 6.12. The molecule has 0 radical (unpaired) electrons. The Balaban J connectivity index is 1.40. The van der Waals surface area contributed by atoms with Crippen molar-refractivity contribution in [1.29, 1.82) is 0 Å². The molecule has 0 fully saturated rings. The molecular formula is C31H28FNO6. The number of nitrogens with one attached hydrogen (secondary N) is 1. The second-order valence-corrected chi connectivity index (χ2v) is 8.77. The lowest BCUT2D eigenvalue weighted by atomic mass is 10.0. The first-order chi connectivity index (χ1) is 18.9. The summed E-state index contributed by atoms with van der Waals surface area (Å²) in [5.74, 6) is -0.320. The van der Waals surface area contributed by atoms with E-state index in [2.05, 4.69) is 5.32 Å². The zero-order valence-electron chi connectivity index (χ0n) is 21.5. The van der Waals surface area contributed by atoms with Crippen molar-refractivity contribution in [2.75, 3.05) is 14.2 Å². The highest BCUT2D eigenvalue weighted by molar-refractivity contribution is 5.94. The largest absolute Gasteiger partial charge is 0.493 e. The highest BCUT2D eigenvalue weighted by Gasteiger charge is 2.20. The summed E-state index contributed by atoms with van der Waals surface area (Å²) in [5.41, 5.74) is 1.91. The van der Waals surface area contributed by atoms with Crippen molar-refractivity contribution in [2.45, 2.75) is 19.1 Å². The van der Waals surface area contributed by atoms with Crippen LogP contribution in [0.2, 0.25) is 0 Å². The number of carboxylic acids is 1. The molecule has 200 valence electrons.